The third-order valence-electron chi connectivity index (χ3n) is 6.04. The van der Waals surface area contributed by atoms with E-state index in [9.17, 15) is 29.5 Å². The molecule has 2 aliphatic rings. The number of methoxy groups -OCH3 is 1. The molecule has 37 heavy (non-hydrogen) atoms. The maximum absolute atomic E-state index is 14.5. The zero-order valence-electron chi connectivity index (χ0n) is 21.0. The number of nitrogens with one attached hydrogen (secondary N) is 1. The molecule has 1 amide bonds. The molecular formula is C23H35N2O11P. The molecule has 0 bridgehead atoms. The highest BCUT2D eigenvalue weighted by molar-refractivity contribution is 7.51. The normalized spacial score (nSPS) is 29.8. The van der Waals surface area contributed by atoms with E-state index >= 15 is 0 Å². The van der Waals surface area contributed by atoms with Gasteiger partial charge in [-0.05, 0) is 43.5 Å². The summed E-state index contributed by atoms with van der Waals surface area (Å²) in [4.78, 5) is 24.6. The van der Waals surface area contributed by atoms with Crippen LogP contribution in [0.4, 0.5) is 0 Å². The molecule has 208 valence electrons. The maximum Gasteiger partial charge on any atom is 0.462 e. The molecule has 0 aromatic heterocycles. The minimum atomic E-state index is -4.47. The van der Waals surface area contributed by atoms with Crippen molar-refractivity contribution in [2.75, 3.05) is 26.9 Å². The molecule has 2 heterocycles. The van der Waals surface area contributed by atoms with E-state index in [0.29, 0.717) is 25.0 Å². The number of rotatable bonds is 11. The van der Waals surface area contributed by atoms with E-state index in [1.54, 1.807) is 12.1 Å². The largest absolute Gasteiger partial charge is 0.497 e. The van der Waals surface area contributed by atoms with Gasteiger partial charge < -0.3 is 39.4 Å². The van der Waals surface area contributed by atoms with E-state index in [1.807, 2.05) is 6.92 Å². The topological polar surface area (TPSA) is 173 Å². The molecule has 4 N–H and O–H groups in total. The van der Waals surface area contributed by atoms with E-state index in [2.05, 4.69) is 5.32 Å². The van der Waals surface area contributed by atoms with Gasteiger partial charge in [0.2, 0.25) is 5.91 Å². The Bertz CT molecular complexity index is 963. The summed E-state index contributed by atoms with van der Waals surface area (Å²) in [6, 6.07) is 3.82. The molecule has 0 saturated carbocycles. The molecule has 2 fully saturated rings. The molecule has 0 aliphatic carbocycles. The number of aliphatic hydroxyl groups is 3. The Morgan fingerprint density at radius 3 is 2.49 bits per heavy atom. The summed E-state index contributed by atoms with van der Waals surface area (Å²) in [5.41, 5.74) is 0. The van der Waals surface area contributed by atoms with Crippen molar-refractivity contribution in [1.82, 2.24) is 9.99 Å². The fourth-order valence-corrected chi connectivity index (χ4v) is 6.40. The van der Waals surface area contributed by atoms with Crippen LogP contribution in [-0.2, 0) is 28.2 Å². The summed E-state index contributed by atoms with van der Waals surface area (Å²) < 4.78 is 43.2. The van der Waals surface area contributed by atoms with E-state index in [1.165, 1.54) is 30.8 Å². The molecule has 2 aliphatic heterocycles. The fraction of sp³-hybridized carbons (Fsp3) is 0.652. The van der Waals surface area contributed by atoms with Crippen molar-refractivity contribution >= 4 is 19.6 Å². The van der Waals surface area contributed by atoms with E-state index < -0.39 is 62.9 Å². The number of nitrogens with zero attached hydrogens (tertiary/aromatic N) is 1. The van der Waals surface area contributed by atoms with Gasteiger partial charge in [-0.1, -0.05) is 6.92 Å². The summed E-state index contributed by atoms with van der Waals surface area (Å²) in [5, 5.41) is 33.4. The van der Waals surface area contributed by atoms with Crippen LogP contribution in [0.15, 0.2) is 24.3 Å². The molecule has 13 nitrogen and oxygen atoms in total. The monoisotopic (exact) mass is 546 g/mol. The molecule has 1 aromatic carbocycles. The summed E-state index contributed by atoms with van der Waals surface area (Å²) in [6.07, 6.45) is -4.75. The van der Waals surface area contributed by atoms with Gasteiger partial charge >= 0.3 is 13.7 Å². The predicted octanol–water partition coefficient (Wildman–Crippen LogP) is 0.560. The van der Waals surface area contributed by atoms with Gasteiger partial charge in [0.05, 0.1) is 20.3 Å². The quantitative estimate of drug-likeness (QED) is 0.225. The lowest BCUT2D eigenvalue weighted by Gasteiger charge is -2.44. The molecule has 2 saturated heterocycles. The maximum atomic E-state index is 14.5. The molecule has 2 unspecified atom stereocenters. The first-order valence-electron chi connectivity index (χ1n) is 12.1. The SMILES string of the molecule is CCCOC(=O)C1CCCN1P(=O)(Oc1ccc(OC)cc1)O[C@@H]1[C@H](O)[C@@H](CO)O[C@H](O)[C@@H]1NC(C)=O. The number of ether oxygens (including phenoxy) is 3. The van der Waals surface area contributed by atoms with Crippen molar-refractivity contribution in [3.63, 3.8) is 0 Å². The highest BCUT2D eigenvalue weighted by atomic mass is 31.2. The molecule has 7 atom stereocenters. The first-order chi connectivity index (χ1) is 17.6. The van der Waals surface area contributed by atoms with Crippen LogP contribution in [0.1, 0.15) is 33.1 Å². The molecule has 0 spiro atoms. The lowest BCUT2D eigenvalue weighted by molar-refractivity contribution is -0.250. The zero-order valence-corrected chi connectivity index (χ0v) is 21.9. The molecule has 1 aromatic rings. The standard InChI is InChI=1S/C23H35N2O11P/c1-4-12-33-22(29)17-6-5-11-25(17)37(31,35-16-9-7-15(32-3)8-10-16)36-21-19(24-14(2)27)23(30)34-18(13-26)20(21)28/h7-10,17-21,23,26,28,30H,4-6,11-13H2,1-3H3,(H,24,27)/t17?,18-,19-,20-,21+,23+,37?/m1/s1. The summed E-state index contributed by atoms with van der Waals surface area (Å²) >= 11 is 0. The number of hydrogen-bond donors (Lipinski definition) is 4. The number of hydrogen-bond acceptors (Lipinski definition) is 11. The number of esters is 1. The number of carbonyl (C=O) groups excluding carboxylic acids is 2. The van der Waals surface area contributed by atoms with Gasteiger partial charge in [0.1, 0.15) is 41.9 Å². The van der Waals surface area contributed by atoms with Crippen LogP contribution >= 0.6 is 7.75 Å². The Kier molecular flexibility index (Phi) is 10.3. The van der Waals surface area contributed by atoms with Gasteiger partial charge in [0, 0.05) is 13.5 Å². The Labute approximate surface area is 215 Å². The summed E-state index contributed by atoms with van der Waals surface area (Å²) in [7, 11) is -2.99. The van der Waals surface area contributed by atoms with Gasteiger partial charge in [-0.25, -0.2) is 4.57 Å². The van der Waals surface area contributed by atoms with Crippen LogP contribution in [0.2, 0.25) is 0 Å². The molecule has 0 radical (unpaired) electrons. The van der Waals surface area contributed by atoms with Crippen LogP contribution in [0, 0.1) is 0 Å². The summed E-state index contributed by atoms with van der Waals surface area (Å²) in [5.74, 6) is -0.539. The Hall–Kier alpha value is -2.25. The first kappa shape index (κ1) is 29.3. The van der Waals surface area contributed by atoms with Crippen LogP contribution in [0.5, 0.6) is 11.5 Å². The van der Waals surface area contributed by atoms with Gasteiger partial charge in [-0.3, -0.25) is 14.1 Å². The number of amides is 1. The van der Waals surface area contributed by atoms with Gasteiger partial charge in [0.15, 0.2) is 6.29 Å². The van der Waals surface area contributed by atoms with Crippen molar-refractivity contribution in [1.29, 1.82) is 0 Å². The van der Waals surface area contributed by atoms with Gasteiger partial charge in [0.25, 0.3) is 0 Å². The predicted molar refractivity (Wildman–Crippen MR) is 129 cm³/mol. The number of aliphatic hydroxyl groups excluding tert-OH is 3. The van der Waals surface area contributed by atoms with Crippen LogP contribution in [0.25, 0.3) is 0 Å². The van der Waals surface area contributed by atoms with Crippen molar-refractivity contribution in [2.45, 2.75) is 69.8 Å². The lowest BCUT2D eigenvalue weighted by Crippen LogP contribution is -2.64. The highest BCUT2D eigenvalue weighted by Gasteiger charge is 2.53. The Balaban J connectivity index is 2.00. The minimum absolute atomic E-state index is 0.119. The van der Waals surface area contributed by atoms with E-state index in [4.69, 9.17) is 23.3 Å². The lowest BCUT2D eigenvalue weighted by atomic mass is 9.97. The first-order valence-corrected chi connectivity index (χ1v) is 13.6. The van der Waals surface area contributed by atoms with Crippen molar-refractivity contribution < 1.29 is 52.7 Å². The second-order valence-electron chi connectivity index (χ2n) is 8.76. The van der Waals surface area contributed by atoms with E-state index in [0.717, 1.165) is 0 Å². The highest BCUT2D eigenvalue weighted by Crippen LogP contribution is 2.57. The number of benzene rings is 1. The van der Waals surface area contributed by atoms with Crippen molar-refractivity contribution in [2.24, 2.45) is 0 Å². The number of carbonyl (C=O) groups is 2. The van der Waals surface area contributed by atoms with Gasteiger partial charge in [-0.15, -0.1) is 0 Å². The average molecular weight is 547 g/mol. The van der Waals surface area contributed by atoms with Crippen molar-refractivity contribution in [3.8, 4) is 11.5 Å². The molecule has 3 rings (SSSR count). The minimum Gasteiger partial charge on any atom is -0.497 e. The summed E-state index contributed by atoms with van der Waals surface area (Å²) in [6.45, 7) is 2.67. The second kappa shape index (κ2) is 13.0. The second-order valence-corrected chi connectivity index (χ2v) is 10.6. The zero-order chi connectivity index (χ0) is 27.2. The molecule has 14 heteroatoms. The third kappa shape index (κ3) is 6.99. The van der Waals surface area contributed by atoms with Crippen molar-refractivity contribution in [3.05, 3.63) is 24.3 Å². The van der Waals surface area contributed by atoms with Crippen LogP contribution in [0.3, 0.4) is 0 Å². The van der Waals surface area contributed by atoms with Crippen LogP contribution in [-0.4, -0.2) is 95.4 Å². The fourth-order valence-electron chi connectivity index (χ4n) is 4.24. The average Bonchev–Trinajstić information content (AvgIpc) is 3.38. The van der Waals surface area contributed by atoms with E-state index in [-0.39, 0.29) is 18.9 Å². The smallest absolute Gasteiger partial charge is 0.462 e. The Morgan fingerprint density at radius 2 is 1.89 bits per heavy atom. The Morgan fingerprint density at radius 1 is 1.22 bits per heavy atom. The molecular weight excluding hydrogens is 511 g/mol. The van der Waals surface area contributed by atoms with Crippen LogP contribution < -0.4 is 14.6 Å². The van der Waals surface area contributed by atoms with Gasteiger partial charge in [-0.2, -0.15) is 4.67 Å². The third-order valence-corrected chi connectivity index (χ3v) is 8.10.